The highest BCUT2D eigenvalue weighted by Gasteiger charge is 2.27. The lowest BCUT2D eigenvalue weighted by molar-refractivity contribution is -0.118. The number of piperidine rings is 1. The molecule has 1 heterocycles. The number of ether oxygens (including phenoxy) is 2. The first-order valence-electron chi connectivity index (χ1n) is 11.4. The second-order valence-electron chi connectivity index (χ2n) is 8.44. The number of carbonyl (C=O) groups is 2. The smallest absolute Gasteiger partial charge is 0.262 e. The Bertz CT molecular complexity index is 1250. The fourth-order valence-corrected chi connectivity index (χ4v) is 4.80. The van der Waals surface area contributed by atoms with E-state index in [1.54, 1.807) is 35.2 Å². The zero-order valence-electron chi connectivity index (χ0n) is 19.6. The Balaban J connectivity index is 1.34. The number of hydrogen-bond acceptors (Lipinski definition) is 4. The third-order valence-corrected chi connectivity index (χ3v) is 7.10. The van der Waals surface area contributed by atoms with E-state index in [-0.39, 0.29) is 30.2 Å². The van der Waals surface area contributed by atoms with E-state index >= 15 is 0 Å². The van der Waals surface area contributed by atoms with Gasteiger partial charge in [-0.1, -0.05) is 37.9 Å². The molecule has 1 N–H and O–H groups in total. The summed E-state index contributed by atoms with van der Waals surface area (Å²) in [6, 6.07) is 17.3. The third-order valence-electron chi connectivity index (χ3n) is 6.08. The van der Waals surface area contributed by atoms with Gasteiger partial charge in [0.15, 0.2) is 18.1 Å². The van der Waals surface area contributed by atoms with Crippen LogP contribution in [-0.2, 0) is 4.79 Å². The average molecular weight is 620 g/mol. The summed E-state index contributed by atoms with van der Waals surface area (Å²) in [5, 5.41) is 2.76. The Kier molecular flexibility index (Phi) is 8.64. The van der Waals surface area contributed by atoms with Gasteiger partial charge in [-0.3, -0.25) is 9.59 Å². The summed E-state index contributed by atoms with van der Waals surface area (Å²) in [5.41, 5.74) is 1.82. The van der Waals surface area contributed by atoms with Crippen LogP contribution in [-0.4, -0.2) is 43.5 Å². The van der Waals surface area contributed by atoms with E-state index in [4.69, 9.17) is 9.47 Å². The number of nitrogens with one attached hydrogen (secondary N) is 1. The number of halogens is 3. The monoisotopic (exact) mass is 618 g/mol. The first kappa shape index (κ1) is 26.2. The molecule has 9 heteroatoms. The minimum Gasteiger partial charge on any atom is -0.493 e. The molecule has 0 radical (unpaired) electrons. The normalized spacial score (nSPS) is 13.8. The number of rotatable bonds is 7. The van der Waals surface area contributed by atoms with Crippen molar-refractivity contribution >= 4 is 49.4 Å². The molecular weight excluding hydrogens is 595 g/mol. The number of methoxy groups -OCH3 is 1. The van der Waals surface area contributed by atoms with Crippen molar-refractivity contribution < 1.29 is 23.5 Å². The summed E-state index contributed by atoms with van der Waals surface area (Å²) in [7, 11) is 1.48. The van der Waals surface area contributed by atoms with E-state index in [0.29, 0.717) is 58.7 Å². The standard InChI is InChI=1S/C27H25Br2FN2O4/c1-35-25-14-18(2-9-24(25)36-16-26(33)31-21-6-3-19(28)4-7-21)27(34)32-12-10-17(11-13-32)22-8-5-20(29)15-23(22)30/h2-9,14-15,17H,10-13,16H2,1H3,(H,31,33). The highest BCUT2D eigenvalue weighted by atomic mass is 79.9. The Hall–Kier alpha value is -2.91. The minimum atomic E-state index is -0.315. The minimum absolute atomic E-state index is 0.0796. The van der Waals surface area contributed by atoms with Crippen molar-refractivity contribution in [3.63, 3.8) is 0 Å². The molecule has 3 aromatic rings. The highest BCUT2D eigenvalue weighted by Crippen LogP contribution is 2.33. The van der Waals surface area contributed by atoms with E-state index in [1.165, 1.54) is 13.2 Å². The summed E-state index contributed by atoms with van der Waals surface area (Å²) in [5.74, 6) is 0.150. The first-order valence-corrected chi connectivity index (χ1v) is 13.0. The molecule has 2 amide bonds. The third kappa shape index (κ3) is 6.44. The van der Waals surface area contributed by atoms with Gasteiger partial charge in [0.1, 0.15) is 5.82 Å². The molecule has 0 atom stereocenters. The quantitative estimate of drug-likeness (QED) is 0.332. The predicted octanol–water partition coefficient (Wildman–Crippen LogP) is 6.40. The lowest BCUT2D eigenvalue weighted by Gasteiger charge is -2.32. The van der Waals surface area contributed by atoms with Crippen molar-refractivity contribution in [3.05, 3.63) is 86.6 Å². The number of likely N-dealkylation sites (tertiary alicyclic amines) is 1. The summed E-state index contributed by atoms with van der Waals surface area (Å²) in [4.78, 5) is 27.1. The molecule has 1 saturated heterocycles. The van der Waals surface area contributed by atoms with Gasteiger partial charge in [-0.05, 0) is 78.9 Å². The molecule has 0 bridgehead atoms. The van der Waals surface area contributed by atoms with Crippen LogP contribution in [0.5, 0.6) is 11.5 Å². The molecule has 188 valence electrons. The molecule has 6 nitrogen and oxygen atoms in total. The highest BCUT2D eigenvalue weighted by molar-refractivity contribution is 9.10. The average Bonchev–Trinajstić information content (AvgIpc) is 2.88. The van der Waals surface area contributed by atoms with E-state index < -0.39 is 0 Å². The van der Waals surface area contributed by atoms with Crippen LogP contribution in [0.15, 0.2) is 69.6 Å². The fraction of sp³-hybridized carbons (Fsp3) is 0.259. The summed E-state index contributed by atoms with van der Waals surface area (Å²) < 4.78 is 27.0. The molecule has 3 aromatic carbocycles. The van der Waals surface area contributed by atoms with Gasteiger partial charge in [-0.2, -0.15) is 0 Å². The van der Waals surface area contributed by atoms with Crippen LogP contribution in [0.2, 0.25) is 0 Å². The van der Waals surface area contributed by atoms with Gasteiger partial charge in [0.05, 0.1) is 7.11 Å². The van der Waals surface area contributed by atoms with Crippen LogP contribution in [0.1, 0.15) is 34.7 Å². The van der Waals surface area contributed by atoms with Crippen molar-refractivity contribution in [2.45, 2.75) is 18.8 Å². The van der Waals surface area contributed by atoms with E-state index in [0.717, 1.165) is 4.47 Å². The maximum absolute atomic E-state index is 14.4. The Labute approximate surface area is 226 Å². The number of nitrogens with zero attached hydrogens (tertiary/aromatic N) is 1. The van der Waals surface area contributed by atoms with Crippen molar-refractivity contribution in [2.24, 2.45) is 0 Å². The number of anilines is 1. The topological polar surface area (TPSA) is 67.9 Å². The Morgan fingerprint density at radius 3 is 2.33 bits per heavy atom. The number of amides is 2. The second kappa shape index (κ2) is 11.9. The maximum atomic E-state index is 14.4. The largest absolute Gasteiger partial charge is 0.493 e. The summed E-state index contributed by atoms with van der Waals surface area (Å²) >= 11 is 6.64. The SMILES string of the molecule is COc1cc(C(=O)N2CCC(c3ccc(Br)cc3F)CC2)ccc1OCC(=O)Nc1ccc(Br)cc1. The molecule has 1 fully saturated rings. The van der Waals surface area contributed by atoms with Crippen molar-refractivity contribution in [1.82, 2.24) is 4.90 Å². The van der Waals surface area contributed by atoms with Gasteiger partial charge >= 0.3 is 0 Å². The van der Waals surface area contributed by atoms with Crippen molar-refractivity contribution in [3.8, 4) is 11.5 Å². The van der Waals surface area contributed by atoms with Crippen molar-refractivity contribution in [2.75, 3.05) is 32.1 Å². The number of hydrogen-bond donors (Lipinski definition) is 1. The van der Waals surface area contributed by atoms with Crippen LogP contribution >= 0.6 is 31.9 Å². The van der Waals surface area contributed by atoms with Gasteiger partial charge in [0.2, 0.25) is 0 Å². The van der Waals surface area contributed by atoms with Crippen LogP contribution in [0, 0.1) is 5.82 Å². The van der Waals surface area contributed by atoms with E-state index in [9.17, 15) is 14.0 Å². The van der Waals surface area contributed by atoms with E-state index in [1.807, 2.05) is 24.3 Å². The molecule has 0 spiro atoms. The number of benzene rings is 3. The summed E-state index contributed by atoms with van der Waals surface area (Å²) in [6.07, 6.45) is 1.38. The lowest BCUT2D eigenvalue weighted by Crippen LogP contribution is -2.38. The number of carbonyl (C=O) groups excluding carboxylic acids is 2. The van der Waals surface area contributed by atoms with Crippen molar-refractivity contribution in [1.29, 1.82) is 0 Å². The molecule has 4 rings (SSSR count). The molecule has 1 aliphatic rings. The molecule has 1 aliphatic heterocycles. The van der Waals surface area contributed by atoms with Gasteiger partial charge < -0.3 is 19.7 Å². The first-order chi connectivity index (χ1) is 17.3. The Morgan fingerprint density at radius 1 is 0.972 bits per heavy atom. The molecule has 36 heavy (non-hydrogen) atoms. The molecule has 0 unspecified atom stereocenters. The zero-order chi connectivity index (χ0) is 25.7. The lowest BCUT2D eigenvalue weighted by atomic mass is 9.89. The van der Waals surface area contributed by atoms with Gasteiger partial charge in [0.25, 0.3) is 11.8 Å². The van der Waals surface area contributed by atoms with Gasteiger partial charge in [0, 0.05) is 33.3 Å². The molecular formula is C27H25Br2FN2O4. The zero-order valence-corrected chi connectivity index (χ0v) is 22.8. The maximum Gasteiger partial charge on any atom is 0.262 e. The van der Waals surface area contributed by atoms with Crippen LogP contribution in [0.3, 0.4) is 0 Å². The van der Waals surface area contributed by atoms with Gasteiger partial charge in [-0.25, -0.2) is 4.39 Å². The molecule has 0 saturated carbocycles. The van der Waals surface area contributed by atoms with Crippen LogP contribution < -0.4 is 14.8 Å². The van der Waals surface area contributed by atoms with Crippen LogP contribution in [0.4, 0.5) is 10.1 Å². The molecule has 0 aromatic heterocycles. The summed E-state index contributed by atoms with van der Waals surface area (Å²) in [6.45, 7) is 0.867. The predicted molar refractivity (Wildman–Crippen MR) is 143 cm³/mol. The fourth-order valence-electron chi connectivity index (χ4n) is 4.20. The Morgan fingerprint density at radius 2 is 1.67 bits per heavy atom. The van der Waals surface area contributed by atoms with Crippen LogP contribution in [0.25, 0.3) is 0 Å². The molecule has 0 aliphatic carbocycles. The second-order valence-corrected chi connectivity index (χ2v) is 10.3. The van der Waals surface area contributed by atoms with Gasteiger partial charge in [-0.15, -0.1) is 0 Å². The van der Waals surface area contributed by atoms with E-state index in [2.05, 4.69) is 37.2 Å².